The molecule has 0 spiro atoms. The van der Waals surface area contributed by atoms with Crippen molar-refractivity contribution in [3.05, 3.63) is 166 Å². The Labute approximate surface area is 313 Å². The number of benzene rings is 6. The maximum atomic E-state index is 2.42. The molecule has 6 aromatic rings. The van der Waals surface area contributed by atoms with Crippen LogP contribution in [-0.2, 0) is 10.8 Å². The van der Waals surface area contributed by atoms with Gasteiger partial charge in [0.1, 0.15) is 0 Å². The van der Waals surface area contributed by atoms with Crippen molar-refractivity contribution in [2.75, 3.05) is 9.80 Å². The quantitative estimate of drug-likeness (QED) is 0.165. The summed E-state index contributed by atoms with van der Waals surface area (Å²) in [6, 6.07) is 45.4. The Bertz CT molecular complexity index is 1970. The zero-order chi connectivity index (χ0) is 37.5. The predicted octanol–water partition coefficient (Wildman–Crippen LogP) is 14.7. The molecule has 0 fully saturated rings. The Kier molecular flexibility index (Phi) is 9.99. The Morgan fingerprint density at radius 1 is 0.327 bits per heavy atom. The first-order chi connectivity index (χ1) is 24.5. The molecule has 0 aliphatic rings. The Hall–Kier alpha value is -5.08. The summed E-state index contributed by atoms with van der Waals surface area (Å²) in [7, 11) is 0. The molecule has 6 rings (SSSR count). The summed E-state index contributed by atoms with van der Waals surface area (Å²) < 4.78 is 0. The molecule has 0 N–H and O–H groups in total. The maximum absolute atomic E-state index is 2.42. The first kappa shape index (κ1) is 36.7. The molecule has 0 radical (unpaired) electrons. The van der Waals surface area contributed by atoms with Crippen molar-refractivity contribution in [1.29, 1.82) is 0 Å². The zero-order valence-electron chi connectivity index (χ0n) is 33.4. The van der Waals surface area contributed by atoms with Crippen molar-refractivity contribution >= 4 is 34.1 Å². The third kappa shape index (κ3) is 7.58. The molecular weight excluding hydrogens is 629 g/mol. The summed E-state index contributed by atoms with van der Waals surface area (Å²) in [6.07, 6.45) is 0. The van der Waals surface area contributed by atoms with Crippen LogP contribution in [-0.4, -0.2) is 0 Å². The summed E-state index contributed by atoms with van der Waals surface area (Å²) >= 11 is 0. The molecular formula is C50H56N2. The summed E-state index contributed by atoms with van der Waals surface area (Å²) in [6.45, 7) is 26.9. The van der Waals surface area contributed by atoms with Crippen LogP contribution >= 0.6 is 0 Å². The van der Waals surface area contributed by atoms with Gasteiger partial charge in [-0.1, -0.05) is 101 Å². The van der Waals surface area contributed by atoms with Crippen molar-refractivity contribution in [3.8, 4) is 11.1 Å². The number of aryl methyl sites for hydroxylation is 6. The van der Waals surface area contributed by atoms with Gasteiger partial charge in [-0.2, -0.15) is 0 Å². The van der Waals surface area contributed by atoms with Crippen LogP contribution in [0.5, 0.6) is 0 Å². The fourth-order valence-corrected chi connectivity index (χ4v) is 7.37. The lowest BCUT2D eigenvalue weighted by Crippen LogP contribution is -2.15. The third-order valence-electron chi connectivity index (χ3n) is 10.3. The third-order valence-corrected chi connectivity index (χ3v) is 10.3. The van der Waals surface area contributed by atoms with Crippen LogP contribution in [0.3, 0.4) is 0 Å². The van der Waals surface area contributed by atoms with Gasteiger partial charge in [0, 0.05) is 22.7 Å². The van der Waals surface area contributed by atoms with Crippen molar-refractivity contribution in [1.82, 2.24) is 0 Å². The van der Waals surface area contributed by atoms with Gasteiger partial charge in [0.15, 0.2) is 0 Å². The molecule has 0 amide bonds. The smallest absolute Gasteiger partial charge is 0.0520 e. The second kappa shape index (κ2) is 14.2. The number of anilines is 6. The normalized spacial score (nSPS) is 11.8. The Balaban J connectivity index is 1.43. The topological polar surface area (TPSA) is 6.48 Å². The SMILES string of the molecule is Cc1ccc(N(c2ccc(C(C)(C)C)cc2)c2c(C)cc(-c3cc(C)c(N(c4ccc(C)cc4)c4ccc(C(C)(C)C)cc4)c(C)c3)cc2C)cc1. The molecule has 0 atom stereocenters. The fourth-order valence-electron chi connectivity index (χ4n) is 7.37. The summed E-state index contributed by atoms with van der Waals surface area (Å²) in [4.78, 5) is 4.84. The first-order valence-electron chi connectivity index (χ1n) is 18.7. The van der Waals surface area contributed by atoms with E-state index >= 15 is 0 Å². The van der Waals surface area contributed by atoms with Crippen LogP contribution in [0.25, 0.3) is 11.1 Å². The molecule has 0 aliphatic carbocycles. The van der Waals surface area contributed by atoms with E-state index in [0.717, 1.165) is 11.4 Å². The summed E-state index contributed by atoms with van der Waals surface area (Å²) in [5.41, 5.74) is 19.9. The van der Waals surface area contributed by atoms with E-state index in [-0.39, 0.29) is 10.8 Å². The average Bonchev–Trinajstić information content (AvgIpc) is 3.08. The van der Waals surface area contributed by atoms with Crippen LogP contribution in [0.1, 0.15) is 86.1 Å². The second-order valence-electron chi connectivity index (χ2n) is 16.9. The molecule has 2 heteroatoms. The second-order valence-corrected chi connectivity index (χ2v) is 16.9. The highest BCUT2D eigenvalue weighted by Crippen LogP contribution is 2.44. The lowest BCUT2D eigenvalue weighted by molar-refractivity contribution is 0.590. The minimum absolute atomic E-state index is 0.0978. The standard InChI is InChI=1S/C50H56N2/c1-33-13-21-43(22-14-33)51(45-25-17-41(18-26-45)49(7,8)9)47-35(3)29-39(30-36(47)4)40-31-37(5)48(38(6)32-40)52(44-23-15-34(2)16-24-44)46-27-19-42(20-28-46)50(10,11)12/h13-32H,1-12H3. The van der Waals surface area contributed by atoms with Crippen molar-refractivity contribution < 1.29 is 0 Å². The van der Waals surface area contributed by atoms with Gasteiger partial charge in [0.25, 0.3) is 0 Å². The van der Waals surface area contributed by atoms with Gasteiger partial charge in [-0.3, -0.25) is 0 Å². The molecule has 6 aromatic carbocycles. The van der Waals surface area contributed by atoms with Crippen LogP contribution in [0.4, 0.5) is 34.1 Å². The van der Waals surface area contributed by atoms with Crippen LogP contribution in [0.15, 0.2) is 121 Å². The van der Waals surface area contributed by atoms with Gasteiger partial charge < -0.3 is 9.80 Å². The van der Waals surface area contributed by atoms with Gasteiger partial charge in [0.05, 0.1) is 11.4 Å². The molecule has 0 aromatic heterocycles. The molecule has 0 heterocycles. The van der Waals surface area contributed by atoms with E-state index in [0.29, 0.717) is 0 Å². The molecule has 0 saturated heterocycles. The van der Waals surface area contributed by atoms with E-state index in [9.17, 15) is 0 Å². The molecule has 52 heavy (non-hydrogen) atoms. The van der Waals surface area contributed by atoms with Crippen molar-refractivity contribution in [2.24, 2.45) is 0 Å². The van der Waals surface area contributed by atoms with Gasteiger partial charge in [-0.15, -0.1) is 0 Å². The van der Waals surface area contributed by atoms with Gasteiger partial charge in [-0.25, -0.2) is 0 Å². The number of hydrogen-bond donors (Lipinski definition) is 0. The molecule has 0 aliphatic heterocycles. The van der Waals surface area contributed by atoms with Crippen molar-refractivity contribution in [2.45, 2.75) is 93.9 Å². The van der Waals surface area contributed by atoms with Gasteiger partial charge in [0.2, 0.25) is 0 Å². The summed E-state index contributed by atoms with van der Waals surface area (Å²) in [5.74, 6) is 0. The number of hydrogen-bond acceptors (Lipinski definition) is 2. The Morgan fingerprint density at radius 3 is 0.788 bits per heavy atom. The van der Waals surface area contributed by atoms with E-state index in [1.807, 2.05) is 0 Å². The summed E-state index contributed by atoms with van der Waals surface area (Å²) in [5, 5.41) is 0. The molecule has 0 unspecified atom stereocenters. The highest BCUT2D eigenvalue weighted by Gasteiger charge is 2.22. The van der Waals surface area contributed by atoms with Crippen molar-refractivity contribution in [3.63, 3.8) is 0 Å². The average molecular weight is 685 g/mol. The highest BCUT2D eigenvalue weighted by molar-refractivity contribution is 5.86. The minimum Gasteiger partial charge on any atom is -0.310 e. The van der Waals surface area contributed by atoms with Crippen LogP contribution < -0.4 is 9.80 Å². The van der Waals surface area contributed by atoms with Gasteiger partial charge >= 0.3 is 0 Å². The van der Waals surface area contributed by atoms with E-state index in [2.05, 4.69) is 214 Å². The van der Waals surface area contributed by atoms with E-state index in [1.54, 1.807) is 0 Å². The van der Waals surface area contributed by atoms with E-state index in [4.69, 9.17) is 0 Å². The van der Waals surface area contributed by atoms with Gasteiger partial charge in [-0.05, 0) is 170 Å². The Morgan fingerprint density at radius 2 is 0.558 bits per heavy atom. The highest BCUT2D eigenvalue weighted by atomic mass is 15.2. The maximum Gasteiger partial charge on any atom is 0.0520 e. The lowest BCUT2D eigenvalue weighted by atomic mass is 9.87. The molecule has 266 valence electrons. The molecule has 0 bridgehead atoms. The number of rotatable bonds is 7. The van der Waals surface area contributed by atoms with Crippen LogP contribution in [0.2, 0.25) is 0 Å². The monoisotopic (exact) mass is 684 g/mol. The first-order valence-corrected chi connectivity index (χ1v) is 18.7. The van der Waals surface area contributed by atoms with E-state index in [1.165, 1.54) is 78.4 Å². The van der Waals surface area contributed by atoms with Crippen LogP contribution in [0, 0.1) is 41.5 Å². The largest absolute Gasteiger partial charge is 0.310 e. The lowest BCUT2D eigenvalue weighted by Gasteiger charge is -2.31. The minimum atomic E-state index is 0.0978. The molecule has 2 nitrogen and oxygen atoms in total. The fraction of sp³-hybridized carbons (Fsp3) is 0.280. The number of nitrogens with zero attached hydrogens (tertiary/aromatic N) is 2. The van der Waals surface area contributed by atoms with E-state index < -0.39 is 0 Å². The zero-order valence-corrected chi connectivity index (χ0v) is 33.4. The predicted molar refractivity (Wildman–Crippen MR) is 227 cm³/mol. The molecule has 0 saturated carbocycles.